The minimum atomic E-state index is -1.10. The molecule has 0 aliphatic heterocycles. The average Bonchev–Trinajstić information content (AvgIpc) is 2.40. The minimum Gasteiger partial charge on any atom is -0.373 e. The lowest BCUT2D eigenvalue weighted by Gasteiger charge is -2.09. The topological polar surface area (TPSA) is 55.2 Å². The molecule has 8 heteroatoms. The number of nitrogens with one attached hydrogen (secondary N) is 1. The molecular weight excluding hydrogens is 309 g/mol. The van der Waals surface area contributed by atoms with E-state index >= 15 is 0 Å². The van der Waals surface area contributed by atoms with Crippen molar-refractivity contribution in [1.29, 1.82) is 0 Å². The van der Waals surface area contributed by atoms with Crippen LogP contribution in [-0.4, -0.2) is 4.92 Å². The molecule has 0 radical (unpaired) electrons. The average molecular weight is 317 g/mol. The fourth-order valence-electron chi connectivity index (χ4n) is 1.72. The summed E-state index contributed by atoms with van der Waals surface area (Å²) in [6, 6.07) is 5.03. The van der Waals surface area contributed by atoms with Gasteiger partial charge in [0.2, 0.25) is 0 Å². The van der Waals surface area contributed by atoms with Gasteiger partial charge in [-0.3, -0.25) is 10.1 Å². The summed E-state index contributed by atoms with van der Waals surface area (Å²) in [6.07, 6.45) is 0. The zero-order chi connectivity index (χ0) is 15.6. The van der Waals surface area contributed by atoms with E-state index in [4.69, 9.17) is 11.6 Å². The van der Waals surface area contributed by atoms with Crippen molar-refractivity contribution >= 4 is 23.0 Å². The zero-order valence-corrected chi connectivity index (χ0v) is 11.1. The molecule has 0 saturated heterocycles. The first-order valence-electron chi connectivity index (χ1n) is 5.69. The molecule has 0 heterocycles. The van der Waals surface area contributed by atoms with Gasteiger partial charge >= 0.3 is 0 Å². The lowest BCUT2D eigenvalue weighted by molar-refractivity contribution is -0.384. The van der Waals surface area contributed by atoms with E-state index in [-0.39, 0.29) is 11.6 Å². The molecule has 21 heavy (non-hydrogen) atoms. The summed E-state index contributed by atoms with van der Waals surface area (Å²) in [6.45, 7) is -0.0858. The van der Waals surface area contributed by atoms with Crippen molar-refractivity contribution in [2.24, 2.45) is 0 Å². The molecule has 1 N–H and O–H groups in total. The second-order valence-corrected chi connectivity index (χ2v) is 4.55. The number of nitro groups is 1. The standard InChI is InChI=1S/C13H8ClF3N2O2/c14-9-2-1-7(3-10(9)16)6-18-13-11(17)4-8(15)5-12(13)19(20)21/h1-5,18H,6H2. The monoisotopic (exact) mass is 316 g/mol. The van der Waals surface area contributed by atoms with Crippen molar-refractivity contribution in [3.8, 4) is 0 Å². The van der Waals surface area contributed by atoms with Crippen LogP contribution in [0.4, 0.5) is 24.5 Å². The number of benzene rings is 2. The van der Waals surface area contributed by atoms with Crippen LogP contribution >= 0.6 is 11.6 Å². The predicted octanol–water partition coefficient (Wildman–Crippen LogP) is 4.28. The maximum Gasteiger partial charge on any atom is 0.298 e. The highest BCUT2D eigenvalue weighted by atomic mass is 35.5. The minimum absolute atomic E-state index is 0.0716. The summed E-state index contributed by atoms with van der Waals surface area (Å²) >= 11 is 5.52. The number of halogens is 4. The summed E-state index contributed by atoms with van der Waals surface area (Å²) < 4.78 is 39.9. The van der Waals surface area contributed by atoms with Crippen molar-refractivity contribution < 1.29 is 18.1 Å². The summed E-state index contributed by atoms with van der Waals surface area (Å²) in [7, 11) is 0. The van der Waals surface area contributed by atoms with E-state index in [1.807, 2.05) is 0 Å². The number of nitro benzene ring substituents is 1. The van der Waals surface area contributed by atoms with Gasteiger partial charge in [-0.15, -0.1) is 0 Å². The summed E-state index contributed by atoms with van der Waals surface area (Å²) in [5, 5.41) is 13.2. The van der Waals surface area contributed by atoms with E-state index in [1.54, 1.807) is 0 Å². The molecular formula is C13H8ClF3N2O2. The SMILES string of the molecule is O=[N+]([O-])c1cc(F)cc(F)c1NCc1ccc(Cl)c(F)c1. The van der Waals surface area contributed by atoms with Crippen LogP contribution in [0.2, 0.25) is 5.02 Å². The number of nitrogens with zero attached hydrogens (tertiary/aromatic N) is 1. The maximum absolute atomic E-state index is 13.6. The van der Waals surface area contributed by atoms with E-state index in [2.05, 4.69) is 5.32 Å². The van der Waals surface area contributed by atoms with Crippen LogP contribution in [0.15, 0.2) is 30.3 Å². The Morgan fingerprint density at radius 1 is 1.14 bits per heavy atom. The second-order valence-electron chi connectivity index (χ2n) is 4.14. The van der Waals surface area contributed by atoms with Crippen LogP contribution in [-0.2, 0) is 6.54 Å². The third-order valence-corrected chi connectivity index (χ3v) is 2.99. The zero-order valence-electron chi connectivity index (χ0n) is 10.4. The van der Waals surface area contributed by atoms with E-state index in [0.29, 0.717) is 17.7 Å². The molecule has 110 valence electrons. The lowest BCUT2D eigenvalue weighted by Crippen LogP contribution is -2.06. The van der Waals surface area contributed by atoms with E-state index in [1.165, 1.54) is 12.1 Å². The van der Waals surface area contributed by atoms with Gasteiger partial charge in [0.15, 0.2) is 5.82 Å². The van der Waals surface area contributed by atoms with Crippen molar-refractivity contribution in [2.45, 2.75) is 6.54 Å². The summed E-state index contributed by atoms with van der Waals surface area (Å²) in [4.78, 5) is 9.89. The molecule has 0 aromatic heterocycles. The third kappa shape index (κ3) is 3.43. The highest BCUT2D eigenvalue weighted by Crippen LogP contribution is 2.29. The molecule has 0 saturated carbocycles. The smallest absolute Gasteiger partial charge is 0.298 e. The van der Waals surface area contributed by atoms with Crippen LogP contribution in [0.1, 0.15) is 5.56 Å². The van der Waals surface area contributed by atoms with Gasteiger partial charge in [-0.2, -0.15) is 0 Å². The number of rotatable bonds is 4. The Bertz CT molecular complexity index is 710. The molecule has 0 amide bonds. The van der Waals surface area contributed by atoms with Gasteiger partial charge in [-0.05, 0) is 17.7 Å². The van der Waals surface area contributed by atoms with Gasteiger partial charge in [0.1, 0.15) is 17.3 Å². The summed E-state index contributed by atoms with van der Waals surface area (Å²) in [5.41, 5.74) is -0.798. The fourth-order valence-corrected chi connectivity index (χ4v) is 1.84. The molecule has 0 aliphatic rings. The highest BCUT2D eigenvalue weighted by molar-refractivity contribution is 6.30. The molecule has 2 aromatic rings. The molecule has 2 aromatic carbocycles. The highest BCUT2D eigenvalue weighted by Gasteiger charge is 2.20. The van der Waals surface area contributed by atoms with Crippen LogP contribution in [0.5, 0.6) is 0 Å². The second kappa shape index (κ2) is 6.01. The first-order chi connectivity index (χ1) is 9.88. The molecule has 0 aliphatic carbocycles. The van der Waals surface area contributed by atoms with Gasteiger partial charge < -0.3 is 5.32 Å². The van der Waals surface area contributed by atoms with Crippen molar-refractivity contribution in [3.05, 3.63) is 68.5 Å². The molecule has 4 nitrogen and oxygen atoms in total. The molecule has 0 unspecified atom stereocenters. The van der Waals surface area contributed by atoms with Crippen molar-refractivity contribution in [1.82, 2.24) is 0 Å². The normalized spacial score (nSPS) is 10.5. The molecule has 2 rings (SSSR count). The first kappa shape index (κ1) is 15.1. The van der Waals surface area contributed by atoms with E-state index in [0.717, 1.165) is 6.07 Å². The fraction of sp³-hybridized carbons (Fsp3) is 0.0769. The number of anilines is 1. The van der Waals surface area contributed by atoms with Crippen LogP contribution in [0.3, 0.4) is 0 Å². The van der Waals surface area contributed by atoms with Crippen molar-refractivity contribution in [3.63, 3.8) is 0 Å². The molecule has 0 fully saturated rings. The van der Waals surface area contributed by atoms with Crippen LogP contribution in [0.25, 0.3) is 0 Å². The van der Waals surface area contributed by atoms with E-state index < -0.39 is 33.7 Å². The lowest BCUT2D eigenvalue weighted by atomic mass is 10.2. The Kier molecular flexibility index (Phi) is 4.32. The molecule has 0 spiro atoms. The van der Waals surface area contributed by atoms with Gasteiger partial charge in [-0.1, -0.05) is 17.7 Å². The largest absolute Gasteiger partial charge is 0.373 e. The number of hydrogen-bond donors (Lipinski definition) is 1. The number of hydrogen-bond acceptors (Lipinski definition) is 3. The molecule has 0 bridgehead atoms. The molecule has 0 atom stereocenters. The Hall–Kier alpha value is -2.28. The van der Waals surface area contributed by atoms with Crippen LogP contribution < -0.4 is 5.32 Å². The Morgan fingerprint density at radius 3 is 2.48 bits per heavy atom. The van der Waals surface area contributed by atoms with Gasteiger partial charge in [-0.25, -0.2) is 13.2 Å². The van der Waals surface area contributed by atoms with Crippen molar-refractivity contribution in [2.75, 3.05) is 5.32 Å². The van der Waals surface area contributed by atoms with Gasteiger partial charge in [0, 0.05) is 12.6 Å². The first-order valence-corrected chi connectivity index (χ1v) is 6.07. The van der Waals surface area contributed by atoms with Crippen LogP contribution in [0, 0.1) is 27.6 Å². The third-order valence-electron chi connectivity index (χ3n) is 2.68. The van der Waals surface area contributed by atoms with E-state index in [9.17, 15) is 23.3 Å². The predicted molar refractivity (Wildman–Crippen MR) is 71.7 cm³/mol. The quantitative estimate of drug-likeness (QED) is 0.676. The Balaban J connectivity index is 2.27. The maximum atomic E-state index is 13.6. The van der Waals surface area contributed by atoms with Gasteiger partial charge in [0.05, 0.1) is 16.0 Å². The van der Waals surface area contributed by atoms with Gasteiger partial charge in [0.25, 0.3) is 5.69 Å². The Morgan fingerprint density at radius 2 is 1.86 bits per heavy atom. The Labute approximate surface area is 122 Å². The summed E-state index contributed by atoms with van der Waals surface area (Å²) in [5.74, 6) is -2.82.